The maximum Gasteiger partial charge on any atom is 0.161 e. The minimum atomic E-state index is -0.497. The second-order valence-corrected chi connectivity index (χ2v) is 8.29. The molecule has 2 fully saturated rings. The Morgan fingerprint density at radius 1 is 1.10 bits per heavy atom. The number of ether oxygens (including phenoxy) is 3. The summed E-state index contributed by atoms with van der Waals surface area (Å²) >= 11 is 0. The SMILES string of the molecule is COc1ccc(CNC2CCOCC2)cc1OCC(O)CN1CCCCCCC1. The third-order valence-corrected chi connectivity index (χ3v) is 5.89. The number of benzene rings is 1. The molecule has 0 amide bonds. The maximum absolute atomic E-state index is 10.5. The summed E-state index contributed by atoms with van der Waals surface area (Å²) < 4.78 is 16.8. The van der Waals surface area contributed by atoms with Gasteiger partial charge in [-0.1, -0.05) is 25.3 Å². The molecule has 0 saturated carbocycles. The van der Waals surface area contributed by atoms with E-state index in [1.807, 2.05) is 12.1 Å². The van der Waals surface area contributed by atoms with Crippen LogP contribution in [0, 0.1) is 0 Å². The number of hydrogen-bond donors (Lipinski definition) is 2. The number of nitrogens with one attached hydrogen (secondary N) is 1. The molecule has 6 heteroatoms. The van der Waals surface area contributed by atoms with Crippen molar-refractivity contribution in [1.29, 1.82) is 0 Å². The van der Waals surface area contributed by atoms with Crippen LogP contribution in [0.5, 0.6) is 11.5 Å². The second kappa shape index (κ2) is 12.4. The fraction of sp³-hybridized carbons (Fsp3) is 0.739. The smallest absolute Gasteiger partial charge is 0.161 e. The lowest BCUT2D eigenvalue weighted by molar-refractivity contribution is 0.0644. The monoisotopic (exact) mass is 406 g/mol. The van der Waals surface area contributed by atoms with Crippen molar-refractivity contribution in [2.24, 2.45) is 0 Å². The van der Waals surface area contributed by atoms with Gasteiger partial charge in [-0.05, 0) is 56.5 Å². The summed E-state index contributed by atoms with van der Waals surface area (Å²) in [5, 5.41) is 14.1. The van der Waals surface area contributed by atoms with E-state index in [-0.39, 0.29) is 6.61 Å². The summed E-state index contributed by atoms with van der Waals surface area (Å²) in [4.78, 5) is 2.37. The number of likely N-dealkylation sites (tertiary alicyclic amines) is 1. The zero-order valence-corrected chi connectivity index (χ0v) is 17.9. The summed E-state index contributed by atoms with van der Waals surface area (Å²) in [6.45, 7) is 5.58. The molecule has 0 aromatic heterocycles. The first kappa shape index (κ1) is 22.3. The van der Waals surface area contributed by atoms with Gasteiger partial charge in [-0.15, -0.1) is 0 Å². The first-order valence-corrected chi connectivity index (χ1v) is 11.3. The first-order valence-electron chi connectivity index (χ1n) is 11.3. The largest absolute Gasteiger partial charge is 0.493 e. The van der Waals surface area contributed by atoms with Gasteiger partial charge < -0.3 is 29.5 Å². The summed E-state index contributed by atoms with van der Waals surface area (Å²) in [6.07, 6.45) is 8.02. The average Bonchev–Trinajstić information content (AvgIpc) is 2.73. The van der Waals surface area contributed by atoms with Gasteiger partial charge in [0.05, 0.1) is 7.11 Å². The van der Waals surface area contributed by atoms with Crippen LogP contribution < -0.4 is 14.8 Å². The van der Waals surface area contributed by atoms with Gasteiger partial charge >= 0.3 is 0 Å². The molecule has 1 atom stereocenters. The van der Waals surface area contributed by atoms with Gasteiger partial charge in [-0.2, -0.15) is 0 Å². The zero-order chi connectivity index (χ0) is 20.3. The van der Waals surface area contributed by atoms with Gasteiger partial charge in [0.2, 0.25) is 0 Å². The normalized spacial score (nSPS) is 20.6. The fourth-order valence-electron chi connectivity index (χ4n) is 4.14. The van der Waals surface area contributed by atoms with E-state index >= 15 is 0 Å². The Kier molecular flexibility index (Phi) is 9.54. The van der Waals surface area contributed by atoms with Crippen LogP contribution in [0.1, 0.15) is 50.5 Å². The molecule has 1 aromatic rings. The van der Waals surface area contributed by atoms with Gasteiger partial charge in [-0.3, -0.25) is 0 Å². The molecule has 3 rings (SSSR count). The third kappa shape index (κ3) is 7.78. The number of β-amino-alcohol motifs (C(OH)–C–C–N with tert-alkyl or cyclic N) is 1. The summed E-state index contributed by atoms with van der Waals surface area (Å²) in [6, 6.07) is 6.54. The van der Waals surface area contributed by atoms with Gasteiger partial charge in [0.25, 0.3) is 0 Å². The lowest BCUT2D eigenvalue weighted by atomic mass is 10.1. The van der Waals surface area contributed by atoms with Gasteiger partial charge in [0, 0.05) is 32.3 Å². The van der Waals surface area contributed by atoms with E-state index in [9.17, 15) is 5.11 Å². The molecule has 2 heterocycles. The van der Waals surface area contributed by atoms with Crippen LogP contribution in [0.15, 0.2) is 18.2 Å². The minimum Gasteiger partial charge on any atom is -0.493 e. The van der Waals surface area contributed by atoms with E-state index in [0.717, 1.165) is 51.3 Å². The predicted octanol–water partition coefficient (Wildman–Crippen LogP) is 2.97. The van der Waals surface area contributed by atoms with Crippen molar-refractivity contribution in [3.63, 3.8) is 0 Å². The topological polar surface area (TPSA) is 63.2 Å². The van der Waals surface area contributed by atoms with Crippen LogP contribution in [0.3, 0.4) is 0 Å². The molecule has 0 radical (unpaired) electrons. The lowest BCUT2D eigenvalue weighted by Crippen LogP contribution is -2.37. The van der Waals surface area contributed by atoms with E-state index in [0.29, 0.717) is 24.1 Å². The van der Waals surface area contributed by atoms with E-state index in [2.05, 4.69) is 16.3 Å². The number of rotatable bonds is 9. The molecule has 29 heavy (non-hydrogen) atoms. The molecule has 0 bridgehead atoms. The molecular weight excluding hydrogens is 368 g/mol. The van der Waals surface area contributed by atoms with Crippen molar-refractivity contribution in [2.75, 3.05) is 46.6 Å². The molecule has 6 nitrogen and oxygen atoms in total. The molecule has 164 valence electrons. The van der Waals surface area contributed by atoms with Gasteiger partial charge in [0.15, 0.2) is 11.5 Å². The van der Waals surface area contributed by atoms with Crippen LogP contribution in [0.25, 0.3) is 0 Å². The Bertz CT molecular complexity index is 584. The van der Waals surface area contributed by atoms with E-state index < -0.39 is 6.10 Å². The molecule has 2 saturated heterocycles. The molecular formula is C23H38N2O4. The molecule has 0 aliphatic carbocycles. The van der Waals surface area contributed by atoms with E-state index in [1.165, 1.54) is 32.1 Å². The molecule has 1 unspecified atom stereocenters. The highest BCUT2D eigenvalue weighted by Crippen LogP contribution is 2.28. The van der Waals surface area contributed by atoms with Crippen molar-refractivity contribution < 1.29 is 19.3 Å². The predicted molar refractivity (Wildman–Crippen MR) is 115 cm³/mol. The second-order valence-electron chi connectivity index (χ2n) is 8.29. The van der Waals surface area contributed by atoms with Crippen LogP contribution in [0.2, 0.25) is 0 Å². The number of aliphatic hydroxyl groups is 1. The summed E-state index contributed by atoms with van der Waals surface area (Å²) in [5.74, 6) is 1.41. The van der Waals surface area contributed by atoms with Crippen LogP contribution in [-0.4, -0.2) is 68.7 Å². The van der Waals surface area contributed by atoms with Crippen molar-refractivity contribution in [3.05, 3.63) is 23.8 Å². The molecule has 2 aliphatic heterocycles. The number of nitrogens with zero attached hydrogens (tertiary/aromatic N) is 1. The van der Waals surface area contributed by atoms with Gasteiger partial charge in [0.1, 0.15) is 12.7 Å². The standard InChI is InChI=1S/C23H38N2O4/c1-27-22-8-7-19(16-24-20-9-13-28-14-10-20)15-23(22)29-18-21(26)17-25-11-5-3-2-4-6-12-25/h7-8,15,20-21,24,26H,2-6,9-14,16-18H2,1H3. The summed E-state index contributed by atoms with van der Waals surface area (Å²) in [5.41, 5.74) is 1.16. The highest BCUT2D eigenvalue weighted by Gasteiger charge is 2.16. The van der Waals surface area contributed by atoms with Gasteiger partial charge in [-0.25, -0.2) is 0 Å². The molecule has 1 aromatic carbocycles. The molecule has 0 spiro atoms. The van der Waals surface area contributed by atoms with Crippen molar-refractivity contribution in [1.82, 2.24) is 10.2 Å². The fourth-order valence-corrected chi connectivity index (χ4v) is 4.14. The quantitative estimate of drug-likeness (QED) is 0.657. The Morgan fingerprint density at radius 3 is 2.55 bits per heavy atom. The van der Waals surface area contributed by atoms with E-state index in [1.54, 1.807) is 7.11 Å². The van der Waals surface area contributed by atoms with Crippen molar-refractivity contribution in [2.45, 2.75) is 63.6 Å². The Labute approximate surface area is 175 Å². The van der Waals surface area contributed by atoms with Crippen molar-refractivity contribution >= 4 is 0 Å². The number of hydrogen-bond acceptors (Lipinski definition) is 6. The number of aliphatic hydroxyl groups excluding tert-OH is 1. The summed E-state index contributed by atoms with van der Waals surface area (Å²) in [7, 11) is 1.65. The van der Waals surface area contributed by atoms with Crippen molar-refractivity contribution in [3.8, 4) is 11.5 Å². The highest BCUT2D eigenvalue weighted by molar-refractivity contribution is 5.43. The van der Waals surface area contributed by atoms with Crippen LogP contribution >= 0.6 is 0 Å². The van der Waals surface area contributed by atoms with E-state index in [4.69, 9.17) is 14.2 Å². The lowest BCUT2D eigenvalue weighted by Gasteiger charge is -2.27. The Hall–Kier alpha value is -1.34. The van der Waals surface area contributed by atoms with Crippen LogP contribution in [0.4, 0.5) is 0 Å². The minimum absolute atomic E-state index is 0.281. The first-order chi connectivity index (χ1) is 14.2. The Morgan fingerprint density at radius 2 is 1.83 bits per heavy atom. The maximum atomic E-state index is 10.5. The molecule has 2 N–H and O–H groups in total. The zero-order valence-electron chi connectivity index (χ0n) is 17.9. The third-order valence-electron chi connectivity index (χ3n) is 5.89. The Balaban J connectivity index is 1.48. The highest BCUT2D eigenvalue weighted by atomic mass is 16.5. The molecule has 2 aliphatic rings. The van der Waals surface area contributed by atoms with Crippen LogP contribution in [-0.2, 0) is 11.3 Å². The number of methoxy groups -OCH3 is 1. The average molecular weight is 407 g/mol.